The topological polar surface area (TPSA) is 77.9 Å². The molecule has 0 radical (unpaired) electrons. The van der Waals surface area contributed by atoms with E-state index in [4.69, 9.17) is 0 Å². The molecule has 0 aromatic carbocycles. The molecule has 2 rings (SSSR count). The van der Waals surface area contributed by atoms with Crippen molar-refractivity contribution in [2.75, 3.05) is 19.0 Å². The van der Waals surface area contributed by atoms with E-state index in [1.165, 1.54) is 9.80 Å². The van der Waals surface area contributed by atoms with E-state index in [1.807, 2.05) is 27.7 Å². The largest absolute Gasteiger partial charge is 0.477 e. The van der Waals surface area contributed by atoms with Crippen LogP contribution < -0.4 is 4.90 Å². The monoisotopic (exact) mass is 474 g/mol. The Balaban J connectivity index is 2.64. The number of rotatable bonds is 7. The maximum atomic E-state index is 13.9. The molecule has 1 aliphatic rings. The molecule has 0 unspecified atom stereocenters. The number of carbonyl (C=O) groups is 3. The van der Waals surface area contributed by atoms with Crippen molar-refractivity contribution in [3.63, 3.8) is 0 Å². The predicted molar refractivity (Wildman–Crippen MR) is 134 cm³/mol. The first kappa shape index (κ1) is 26.9. The maximum Gasteiger partial charge on any atom is 0.348 e. The van der Waals surface area contributed by atoms with Crippen LogP contribution in [-0.2, 0) is 9.59 Å². The van der Waals surface area contributed by atoms with E-state index < -0.39 is 12.0 Å². The lowest BCUT2D eigenvalue weighted by Crippen LogP contribution is -2.52. The Kier molecular flexibility index (Phi) is 9.13. The molecule has 7 heteroatoms. The van der Waals surface area contributed by atoms with Crippen molar-refractivity contribution in [1.82, 2.24) is 4.90 Å². The fraction of sp³-hybridized carbons (Fsp3) is 0.654. The minimum absolute atomic E-state index is 0.0541. The second-order valence-electron chi connectivity index (χ2n) is 10.3. The number of nitrogens with zero attached hydrogens (tertiary/aromatic N) is 2. The van der Waals surface area contributed by atoms with Crippen LogP contribution in [0.3, 0.4) is 0 Å². The maximum absolute atomic E-state index is 13.9. The molecule has 2 amide bonds. The normalized spacial score (nSPS) is 19.2. The molecule has 1 N–H and O–H groups in total. The SMILES string of the molecule is CCC[C@@H](C(=O)N(C)C)N(C(=O)C1CCC(C)CC1)c1cc(C#CC(C)(C)C)sc1C(=O)O. The summed E-state index contributed by atoms with van der Waals surface area (Å²) >= 11 is 1.06. The number of carboxylic acids is 1. The van der Waals surface area contributed by atoms with Crippen molar-refractivity contribution in [2.24, 2.45) is 17.3 Å². The van der Waals surface area contributed by atoms with Crippen molar-refractivity contribution in [3.05, 3.63) is 15.8 Å². The Hall–Kier alpha value is -2.33. The number of carboxylic acid groups (broad SMARTS) is 1. The number of aromatic carboxylic acids is 1. The van der Waals surface area contributed by atoms with Gasteiger partial charge in [0.25, 0.3) is 0 Å². The van der Waals surface area contributed by atoms with Crippen molar-refractivity contribution >= 4 is 34.8 Å². The van der Waals surface area contributed by atoms with E-state index in [9.17, 15) is 19.5 Å². The van der Waals surface area contributed by atoms with Crippen LogP contribution in [0.1, 0.15) is 87.7 Å². The first-order chi connectivity index (χ1) is 15.4. The smallest absolute Gasteiger partial charge is 0.348 e. The van der Waals surface area contributed by atoms with Gasteiger partial charge < -0.3 is 10.0 Å². The third-order valence-corrected chi connectivity index (χ3v) is 6.96. The summed E-state index contributed by atoms with van der Waals surface area (Å²) in [6, 6.07) is 0.940. The summed E-state index contributed by atoms with van der Waals surface area (Å²) in [4.78, 5) is 42.9. The highest BCUT2D eigenvalue weighted by molar-refractivity contribution is 7.15. The van der Waals surface area contributed by atoms with Crippen molar-refractivity contribution in [3.8, 4) is 11.8 Å². The van der Waals surface area contributed by atoms with Crippen LogP contribution in [0.2, 0.25) is 0 Å². The molecule has 6 nitrogen and oxygen atoms in total. The Labute approximate surface area is 202 Å². The zero-order valence-electron chi connectivity index (χ0n) is 21.0. The van der Waals surface area contributed by atoms with E-state index in [1.54, 1.807) is 20.2 Å². The molecule has 0 spiro atoms. The molecule has 1 atom stereocenters. The highest BCUT2D eigenvalue weighted by atomic mass is 32.1. The van der Waals surface area contributed by atoms with Gasteiger partial charge in [0, 0.05) is 25.4 Å². The lowest BCUT2D eigenvalue weighted by molar-refractivity contribution is -0.133. The molecule has 0 aliphatic heterocycles. The number of carbonyl (C=O) groups excluding carboxylic acids is 2. The molecule has 1 aromatic rings. The van der Waals surface area contributed by atoms with Gasteiger partial charge in [0.15, 0.2) is 0 Å². The highest BCUT2D eigenvalue weighted by Gasteiger charge is 2.38. The van der Waals surface area contributed by atoms with Crippen molar-refractivity contribution < 1.29 is 19.5 Å². The van der Waals surface area contributed by atoms with E-state index >= 15 is 0 Å². The number of hydrogen-bond donors (Lipinski definition) is 1. The van der Waals surface area contributed by atoms with Crippen LogP contribution >= 0.6 is 11.3 Å². The minimum Gasteiger partial charge on any atom is -0.477 e. The fourth-order valence-electron chi connectivity index (χ4n) is 4.10. The molecular weight excluding hydrogens is 436 g/mol. The summed E-state index contributed by atoms with van der Waals surface area (Å²) in [5.74, 6) is 5.13. The number of anilines is 1. The van der Waals surface area contributed by atoms with Crippen molar-refractivity contribution in [2.45, 2.75) is 79.2 Å². The third-order valence-electron chi connectivity index (χ3n) is 5.93. The third kappa shape index (κ3) is 7.07. The molecule has 1 saturated carbocycles. The summed E-state index contributed by atoms with van der Waals surface area (Å²) in [6.07, 6.45) is 4.59. The molecule has 1 fully saturated rings. The average Bonchev–Trinajstić information content (AvgIpc) is 3.15. The Morgan fingerprint density at radius 1 is 1.18 bits per heavy atom. The van der Waals surface area contributed by atoms with Crippen LogP contribution in [0.4, 0.5) is 5.69 Å². The fourth-order valence-corrected chi connectivity index (χ4v) is 4.94. The van der Waals surface area contributed by atoms with Gasteiger partial charge in [-0.2, -0.15) is 0 Å². The van der Waals surface area contributed by atoms with E-state index in [0.29, 0.717) is 29.3 Å². The second kappa shape index (κ2) is 11.2. The molecule has 1 aliphatic carbocycles. The van der Waals surface area contributed by atoms with Gasteiger partial charge in [-0.25, -0.2) is 4.79 Å². The standard InChI is InChI=1S/C26H38N2O4S/c1-8-9-20(24(30)27(6)7)28(23(29)18-12-10-17(2)11-13-18)21-16-19(14-15-26(3,4)5)33-22(21)25(31)32/h16-18,20H,8-13H2,1-7H3,(H,31,32)/t17?,18?,20-/m0/s1. The van der Waals surface area contributed by atoms with Gasteiger partial charge in [-0.1, -0.05) is 32.1 Å². The van der Waals surface area contributed by atoms with E-state index in [-0.39, 0.29) is 28.0 Å². The average molecular weight is 475 g/mol. The van der Waals surface area contributed by atoms with E-state index in [0.717, 1.165) is 37.0 Å². The van der Waals surface area contributed by atoms with Crippen LogP contribution in [0.25, 0.3) is 0 Å². The summed E-state index contributed by atoms with van der Waals surface area (Å²) in [6.45, 7) is 10.1. The molecule has 182 valence electrons. The van der Waals surface area contributed by atoms with Crippen molar-refractivity contribution in [1.29, 1.82) is 0 Å². The number of amides is 2. The summed E-state index contributed by atoms with van der Waals surface area (Å²) in [5, 5.41) is 9.97. The van der Waals surface area contributed by atoms with Gasteiger partial charge in [0.2, 0.25) is 11.8 Å². The lowest BCUT2D eigenvalue weighted by Gasteiger charge is -2.36. The molecule has 0 bridgehead atoms. The van der Waals surface area contributed by atoms with E-state index in [2.05, 4.69) is 18.8 Å². The van der Waals surface area contributed by atoms with Gasteiger partial charge in [0.1, 0.15) is 10.9 Å². The van der Waals surface area contributed by atoms with Gasteiger partial charge in [-0.05, 0) is 64.9 Å². The van der Waals surface area contributed by atoms with Crippen LogP contribution in [0.15, 0.2) is 6.07 Å². The molecular formula is C26H38N2O4S. The Morgan fingerprint density at radius 3 is 2.27 bits per heavy atom. The van der Waals surface area contributed by atoms with Crippen LogP contribution in [0.5, 0.6) is 0 Å². The predicted octanol–water partition coefficient (Wildman–Crippen LogP) is 5.26. The first-order valence-electron chi connectivity index (χ1n) is 11.8. The van der Waals surface area contributed by atoms with Gasteiger partial charge in [-0.15, -0.1) is 11.3 Å². The zero-order chi connectivity index (χ0) is 24.9. The molecule has 1 heterocycles. The first-order valence-corrected chi connectivity index (χ1v) is 12.6. The molecule has 0 saturated heterocycles. The Morgan fingerprint density at radius 2 is 1.79 bits per heavy atom. The van der Waals surface area contributed by atoms with Gasteiger partial charge >= 0.3 is 5.97 Å². The zero-order valence-corrected chi connectivity index (χ0v) is 21.8. The Bertz CT molecular complexity index is 924. The number of thiophene rings is 1. The highest BCUT2D eigenvalue weighted by Crippen LogP contribution is 2.37. The number of hydrogen-bond acceptors (Lipinski definition) is 4. The summed E-state index contributed by atoms with van der Waals surface area (Å²) < 4.78 is 0. The minimum atomic E-state index is -1.11. The van der Waals surface area contributed by atoms with Gasteiger partial charge in [0.05, 0.1) is 10.6 Å². The number of likely N-dealkylation sites (N-methyl/N-ethyl adjacent to an activating group) is 1. The summed E-state index contributed by atoms with van der Waals surface area (Å²) in [7, 11) is 3.34. The lowest BCUT2D eigenvalue weighted by atomic mass is 9.82. The molecule has 1 aromatic heterocycles. The van der Waals surface area contributed by atoms with Crippen LogP contribution in [-0.4, -0.2) is 47.9 Å². The van der Waals surface area contributed by atoms with Gasteiger partial charge in [-0.3, -0.25) is 14.5 Å². The summed E-state index contributed by atoms with van der Waals surface area (Å²) in [5.41, 5.74) is 0.0518. The van der Waals surface area contributed by atoms with Crippen LogP contribution in [0, 0.1) is 29.1 Å². The second-order valence-corrected chi connectivity index (χ2v) is 11.4. The molecule has 33 heavy (non-hydrogen) atoms. The quantitative estimate of drug-likeness (QED) is 0.547.